The number of benzene rings is 1. The van der Waals surface area contributed by atoms with Crippen LogP contribution in [0, 0.1) is 11.8 Å². The summed E-state index contributed by atoms with van der Waals surface area (Å²) < 4.78 is 10.7. The van der Waals surface area contributed by atoms with Crippen LogP contribution in [0.25, 0.3) is 0 Å². The molecule has 3 atom stereocenters. The highest BCUT2D eigenvalue weighted by Crippen LogP contribution is 2.37. The van der Waals surface area contributed by atoms with Crippen molar-refractivity contribution in [2.24, 2.45) is 11.8 Å². The van der Waals surface area contributed by atoms with E-state index in [4.69, 9.17) is 9.47 Å². The second-order valence-corrected chi connectivity index (χ2v) is 7.83. The fourth-order valence-electron chi connectivity index (χ4n) is 4.71. The first-order valence-corrected chi connectivity index (χ1v) is 9.68. The molecule has 6 heteroatoms. The van der Waals surface area contributed by atoms with E-state index in [2.05, 4.69) is 5.32 Å². The number of hydrogen-bond acceptors (Lipinski definition) is 4. The Morgan fingerprint density at radius 3 is 2.62 bits per heavy atom. The van der Waals surface area contributed by atoms with Crippen LogP contribution in [0.2, 0.25) is 0 Å². The number of anilines is 1. The predicted octanol–water partition coefficient (Wildman–Crippen LogP) is 1.65. The zero-order valence-corrected chi connectivity index (χ0v) is 15.3. The van der Waals surface area contributed by atoms with E-state index in [-0.39, 0.29) is 18.5 Å². The van der Waals surface area contributed by atoms with Crippen LogP contribution in [-0.4, -0.2) is 38.1 Å². The van der Waals surface area contributed by atoms with Crippen LogP contribution in [0.1, 0.15) is 49.4 Å². The van der Waals surface area contributed by atoms with Crippen molar-refractivity contribution in [3.05, 3.63) is 17.7 Å². The minimum atomic E-state index is -0.103. The molecule has 0 bridgehead atoms. The van der Waals surface area contributed by atoms with Gasteiger partial charge in [-0.15, -0.1) is 0 Å². The molecule has 2 aliphatic heterocycles. The molecule has 1 amide bonds. The summed E-state index contributed by atoms with van der Waals surface area (Å²) >= 11 is 0. The van der Waals surface area contributed by atoms with Gasteiger partial charge in [-0.2, -0.15) is 0 Å². The molecule has 1 aromatic rings. The number of carbonyl (C=O) groups is 2. The topological polar surface area (TPSA) is 69.1 Å². The maximum Gasteiger partial charge on any atom is 0.279 e. The van der Waals surface area contributed by atoms with Crippen LogP contribution in [0.15, 0.2) is 12.1 Å². The Morgan fingerprint density at radius 2 is 1.85 bits per heavy atom. The zero-order valence-electron chi connectivity index (χ0n) is 15.3. The fourth-order valence-corrected chi connectivity index (χ4v) is 4.71. The number of Topliss-reactive ketones (excluding diaryl/α,β-unsaturated/α-hetero) is 1. The molecule has 1 aromatic carbocycles. The number of nitrogens with one attached hydrogen (secondary N) is 2. The molecule has 2 heterocycles. The van der Waals surface area contributed by atoms with Gasteiger partial charge in [0.2, 0.25) is 6.79 Å². The standard InChI is InChI=1S/C20H26N2O4/c1-13(23)16-8-18-19(26-12-25-18)9-17(16)21-20(24)11-22-7-6-14-4-2-3-5-15(14)10-22/h8-9,14-15H,2-7,10-12H2,1H3,(H,21,24)/p+1/t14-,15+/m0/s1. The maximum absolute atomic E-state index is 12.6. The van der Waals surface area contributed by atoms with E-state index in [0.717, 1.165) is 24.9 Å². The first-order chi connectivity index (χ1) is 12.6. The highest BCUT2D eigenvalue weighted by atomic mass is 16.7. The summed E-state index contributed by atoms with van der Waals surface area (Å²) in [5, 5.41) is 2.92. The third-order valence-electron chi connectivity index (χ3n) is 6.06. The average molecular weight is 359 g/mol. The number of quaternary nitrogens is 1. The Morgan fingerprint density at radius 1 is 1.12 bits per heavy atom. The number of fused-ring (bicyclic) bond motifs is 2. The summed E-state index contributed by atoms with van der Waals surface area (Å²) in [6.07, 6.45) is 6.61. The van der Waals surface area contributed by atoms with Gasteiger partial charge in [0.25, 0.3) is 5.91 Å². The Kier molecular flexibility index (Phi) is 4.85. The quantitative estimate of drug-likeness (QED) is 0.802. The molecule has 0 radical (unpaired) electrons. The van der Waals surface area contributed by atoms with Crippen molar-refractivity contribution in [2.45, 2.75) is 39.0 Å². The molecule has 1 unspecified atom stereocenters. The molecule has 0 aromatic heterocycles. The van der Waals surface area contributed by atoms with Crippen LogP contribution >= 0.6 is 0 Å². The van der Waals surface area contributed by atoms with Gasteiger partial charge in [-0.1, -0.05) is 12.8 Å². The van der Waals surface area contributed by atoms with E-state index in [9.17, 15) is 9.59 Å². The first kappa shape index (κ1) is 17.3. The van der Waals surface area contributed by atoms with Gasteiger partial charge >= 0.3 is 0 Å². The van der Waals surface area contributed by atoms with Crippen LogP contribution in [0.4, 0.5) is 5.69 Å². The monoisotopic (exact) mass is 359 g/mol. The summed E-state index contributed by atoms with van der Waals surface area (Å²) in [4.78, 5) is 25.9. The van der Waals surface area contributed by atoms with Crippen molar-refractivity contribution in [3.8, 4) is 11.5 Å². The first-order valence-electron chi connectivity index (χ1n) is 9.68. The van der Waals surface area contributed by atoms with E-state index < -0.39 is 0 Å². The van der Waals surface area contributed by atoms with Crippen LogP contribution in [0.5, 0.6) is 11.5 Å². The molecule has 2 N–H and O–H groups in total. The summed E-state index contributed by atoms with van der Waals surface area (Å²) in [6, 6.07) is 3.35. The number of hydrogen-bond donors (Lipinski definition) is 2. The van der Waals surface area contributed by atoms with Gasteiger partial charge in [-0.05, 0) is 38.2 Å². The predicted molar refractivity (Wildman–Crippen MR) is 96.8 cm³/mol. The third-order valence-corrected chi connectivity index (χ3v) is 6.06. The minimum Gasteiger partial charge on any atom is -0.454 e. The van der Waals surface area contributed by atoms with Gasteiger partial charge < -0.3 is 19.7 Å². The zero-order chi connectivity index (χ0) is 18.1. The molecule has 6 nitrogen and oxygen atoms in total. The summed E-state index contributed by atoms with van der Waals surface area (Å²) in [6.45, 7) is 4.25. The normalized spacial score (nSPS) is 26.9. The maximum atomic E-state index is 12.6. The molecule has 0 spiro atoms. The lowest BCUT2D eigenvalue weighted by molar-refractivity contribution is -0.902. The summed E-state index contributed by atoms with van der Waals surface area (Å²) in [5.41, 5.74) is 0.974. The molecule has 1 saturated heterocycles. The van der Waals surface area contributed by atoms with E-state index >= 15 is 0 Å². The van der Waals surface area contributed by atoms with Crippen molar-refractivity contribution in [1.82, 2.24) is 0 Å². The number of carbonyl (C=O) groups excluding carboxylic acids is 2. The average Bonchev–Trinajstić information content (AvgIpc) is 3.08. The molecule has 3 aliphatic rings. The largest absolute Gasteiger partial charge is 0.454 e. The van der Waals surface area contributed by atoms with Crippen molar-refractivity contribution < 1.29 is 24.0 Å². The second kappa shape index (κ2) is 7.27. The Bertz CT molecular complexity index is 718. The number of rotatable bonds is 4. The lowest BCUT2D eigenvalue weighted by atomic mass is 9.75. The third kappa shape index (κ3) is 3.56. The van der Waals surface area contributed by atoms with Gasteiger partial charge in [-0.3, -0.25) is 9.59 Å². The highest BCUT2D eigenvalue weighted by molar-refractivity contribution is 6.04. The smallest absolute Gasteiger partial charge is 0.279 e. The van der Waals surface area contributed by atoms with Crippen molar-refractivity contribution in [2.75, 3.05) is 31.7 Å². The molecular weight excluding hydrogens is 332 g/mol. The van der Waals surface area contributed by atoms with Crippen molar-refractivity contribution in [3.63, 3.8) is 0 Å². The lowest BCUT2D eigenvalue weighted by Crippen LogP contribution is -3.15. The van der Waals surface area contributed by atoms with Gasteiger partial charge in [0.1, 0.15) is 0 Å². The molecular formula is C20H27N2O4+. The van der Waals surface area contributed by atoms with E-state index in [1.165, 1.54) is 43.9 Å². The van der Waals surface area contributed by atoms with Crippen molar-refractivity contribution in [1.29, 1.82) is 0 Å². The van der Waals surface area contributed by atoms with Crippen LogP contribution in [0.3, 0.4) is 0 Å². The molecule has 26 heavy (non-hydrogen) atoms. The van der Waals surface area contributed by atoms with Gasteiger partial charge in [-0.25, -0.2) is 0 Å². The number of ether oxygens (including phenoxy) is 2. The van der Waals surface area contributed by atoms with Gasteiger partial charge in [0.05, 0.1) is 18.8 Å². The SMILES string of the molecule is CC(=O)c1cc2c(cc1NC(=O)C[NH+]1CC[C@@H]3CCCC[C@@H]3C1)OCO2. The van der Waals surface area contributed by atoms with Crippen LogP contribution in [-0.2, 0) is 4.79 Å². The van der Waals surface area contributed by atoms with E-state index in [0.29, 0.717) is 29.3 Å². The molecule has 1 aliphatic carbocycles. The van der Waals surface area contributed by atoms with E-state index in [1.807, 2.05) is 0 Å². The fraction of sp³-hybridized carbons (Fsp3) is 0.600. The molecule has 1 saturated carbocycles. The number of ketones is 1. The molecule has 4 rings (SSSR count). The molecule has 140 valence electrons. The summed E-state index contributed by atoms with van der Waals surface area (Å²) in [5.74, 6) is 2.62. The Hall–Kier alpha value is -2.08. The number of amides is 1. The second-order valence-electron chi connectivity index (χ2n) is 7.83. The van der Waals surface area contributed by atoms with Gasteiger partial charge in [0, 0.05) is 17.5 Å². The van der Waals surface area contributed by atoms with E-state index in [1.54, 1.807) is 12.1 Å². The van der Waals surface area contributed by atoms with Crippen LogP contribution < -0.4 is 19.7 Å². The van der Waals surface area contributed by atoms with Crippen molar-refractivity contribution >= 4 is 17.4 Å². The van der Waals surface area contributed by atoms with Gasteiger partial charge in [0.15, 0.2) is 23.8 Å². The molecule has 2 fully saturated rings. The minimum absolute atomic E-state index is 0.0457. The number of piperidine rings is 1. The number of likely N-dealkylation sites (tertiary alicyclic amines) is 1. The highest BCUT2D eigenvalue weighted by Gasteiger charge is 2.34. The summed E-state index contributed by atoms with van der Waals surface area (Å²) in [7, 11) is 0. The Balaban J connectivity index is 1.41. The lowest BCUT2D eigenvalue weighted by Gasteiger charge is -2.38. The Labute approximate surface area is 153 Å².